The van der Waals surface area contributed by atoms with Gasteiger partial charge in [0.1, 0.15) is 5.54 Å². The van der Waals surface area contributed by atoms with E-state index in [4.69, 9.17) is 0 Å². The molecule has 1 aliphatic heterocycles. The fourth-order valence-electron chi connectivity index (χ4n) is 4.16. The Balaban J connectivity index is 1.83. The highest BCUT2D eigenvalue weighted by Gasteiger charge is 2.50. The molecule has 2 aliphatic carbocycles. The molecule has 1 heterocycles. The molecule has 20 heavy (non-hydrogen) atoms. The standard InChI is InChI=1S/C15H24N2O2S/c1-20-12-7-3-2-6-11(12)17-10-13(18)16-15(14(17)19)8-4-5-9-15/h11-12H,2-10H2,1H3,(H,16,18). The molecule has 0 aromatic rings. The van der Waals surface area contributed by atoms with Crippen LogP contribution >= 0.6 is 11.8 Å². The lowest BCUT2D eigenvalue weighted by Gasteiger charge is -2.46. The Labute approximate surface area is 125 Å². The second-order valence-electron chi connectivity index (χ2n) is 6.40. The van der Waals surface area contributed by atoms with Gasteiger partial charge in [-0.25, -0.2) is 0 Å². The van der Waals surface area contributed by atoms with Gasteiger partial charge in [0.05, 0.1) is 6.54 Å². The first kappa shape index (κ1) is 14.2. The van der Waals surface area contributed by atoms with Crippen molar-refractivity contribution in [3.63, 3.8) is 0 Å². The van der Waals surface area contributed by atoms with Crippen LogP contribution in [0.5, 0.6) is 0 Å². The zero-order chi connectivity index (χ0) is 14.2. The number of rotatable bonds is 2. The van der Waals surface area contributed by atoms with Crippen molar-refractivity contribution >= 4 is 23.6 Å². The summed E-state index contributed by atoms with van der Waals surface area (Å²) < 4.78 is 0. The van der Waals surface area contributed by atoms with E-state index in [0.717, 1.165) is 32.1 Å². The number of thioether (sulfide) groups is 1. The number of nitrogens with one attached hydrogen (secondary N) is 1. The summed E-state index contributed by atoms with van der Waals surface area (Å²) in [7, 11) is 0. The van der Waals surface area contributed by atoms with Crippen molar-refractivity contribution in [3.8, 4) is 0 Å². The van der Waals surface area contributed by atoms with E-state index in [9.17, 15) is 9.59 Å². The number of hydrogen-bond acceptors (Lipinski definition) is 3. The third kappa shape index (κ3) is 2.34. The Morgan fingerprint density at radius 2 is 1.85 bits per heavy atom. The lowest BCUT2D eigenvalue weighted by molar-refractivity contribution is -0.152. The Hall–Kier alpha value is -0.710. The number of nitrogens with zero attached hydrogens (tertiary/aromatic N) is 1. The molecule has 1 saturated heterocycles. The van der Waals surface area contributed by atoms with E-state index in [0.29, 0.717) is 5.25 Å². The minimum atomic E-state index is -0.560. The maximum absolute atomic E-state index is 13.0. The maximum Gasteiger partial charge on any atom is 0.249 e. The SMILES string of the molecule is CSC1CCCCC1N1CC(=O)NC2(CCCC2)C1=O. The molecule has 1 N–H and O–H groups in total. The molecule has 2 amide bonds. The third-order valence-electron chi connectivity index (χ3n) is 5.19. The van der Waals surface area contributed by atoms with Crippen LogP contribution in [-0.4, -0.2) is 46.3 Å². The summed E-state index contributed by atoms with van der Waals surface area (Å²) in [4.78, 5) is 27.0. The average Bonchev–Trinajstić information content (AvgIpc) is 2.92. The van der Waals surface area contributed by atoms with E-state index in [-0.39, 0.29) is 24.4 Å². The van der Waals surface area contributed by atoms with Crippen LogP contribution < -0.4 is 5.32 Å². The van der Waals surface area contributed by atoms with Crippen LogP contribution in [-0.2, 0) is 9.59 Å². The van der Waals surface area contributed by atoms with Gasteiger partial charge in [0, 0.05) is 11.3 Å². The van der Waals surface area contributed by atoms with Crippen LogP contribution in [0.2, 0.25) is 0 Å². The molecule has 2 atom stereocenters. The van der Waals surface area contributed by atoms with Gasteiger partial charge >= 0.3 is 0 Å². The van der Waals surface area contributed by atoms with Crippen LogP contribution in [0.1, 0.15) is 51.4 Å². The molecular formula is C15H24N2O2S. The lowest BCUT2D eigenvalue weighted by Crippen LogP contribution is -2.68. The molecule has 4 nitrogen and oxygen atoms in total. The van der Waals surface area contributed by atoms with E-state index in [1.54, 1.807) is 0 Å². The Morgan fingerprint density at radius 3 is 2.55 bits per heavy atom. The number of carbonyl (C=O) groups excluding carboxylic acids is 2. The normalized spacial score (nSPS) is 33.5. The molecule has 3 fully saturated rings. The molecule has 0 aromatic carbocycles. The van der Waals surface area contributed by atoms with Crippen LogP contribution in [0.15, 0.2) is 0 Å². The van der Waals surface area contributed by atoms with E-state index >= 15 is 0 Å². The van der Waals surface area contributed by atoms with Crippen molar-refractivity contribution in [1.29, 1.82) is 0 Å². The summed E-state index contributed by atoms with van der Waals surface area (Å²) in [6.45, 7) is 0.266. The van der Waals surface area contributed by atoms with Gasteiger partial charge in [-0.3, -0.25) is 9.59 Å². The van der Waals surface area contributed by atoms with Gasteiger partial charge in [-0.2, -0.15) is 11.8 Å². The number of piperazine rings is 1. The summed E-state index contributed by atoms with van der Waals surface area (Å²) in [5, 5.41) is 3.50. The summed E-state index contributed by atoms with van der Waals surface area (Å²) in [6, 6.07) is 0.259. The highest BCUT2D eigenvalue weighted by atomic mass is 32.2. The van der Waals surface area contributed by atoms with Crippen molar-refractivity contribution in [2.75, 3.05) is 12.8 Å². The van der Waals surface area contributed by atoms with Crippen LogP contribution in [0.25, 0.3) is 0 Å². The summed E-state index contributed by atoms with van der Waals surface area (Å²) >= 11 is 1.86. The van der Waals surface area contributed by atoms with Gasteiger partial charge in [0.2, 0.25) is 11.8 Å². The van der Waals surface area contributed by atoms with Gasteiger partial charge in [-0.15, -0.1) is 0 Å². The van der Waals surface area contributed by atoms with Crippen molar-refractivity contribution in [1.82, 2.24) is 10.2 Å². The quantitative estimate of drug-likeness (QED) is 0.847. The first-order valence-corrected chi connectivity index (χ1v) is 9.10. The molecule has 112 valence electrons. The predicted octanol–water partition coefficient (Wildman–Crippen LogP) is 1.93. The van der Waals surface area contributed by atoms with E-state index in [2.05, 4.69) is 11.6 Å². The van der Waals surface area contributed by atoms with Crippen molar-refractivity contribution in [2.45, 2.75) is 68.2 Å². The average molecular weight is 296 g/mol. The van der Waals surface area contributed by atoms with Gasteiger partial charge in [0.25, 0.3) is 0 Å². The second kappa shape index (κ2) is 5.58. The molecule has 5 heteroatoms. The monoisotopic (exact) mass is 296 g/mol. The summed E-state index contributed by atoms with van der Waals surface area (Å²) in [6.07, 6.45) is 10.5. The lowest BCUT2D eigenvalue weighted by atomic mass is 9.88. The molecule has 0 bridgehead atoms. The zero-order valence-electron chi connectivity index (χ0n) is 12.2. The smallest absolute Gasteiger partial charge is 0.249 e. The molecule has 2 unspecified atom stereocenters. The number of carbonyl (C=O) groups is 2. The molecule has 0 radical (unpaired) electrons. The molecule has 3 aliphatic rings. The first-order valence-electron chi connectivity index (χ1n) is 7.81. The Morgan fingerprint density at radius 1 is 1.15 bits per heavy atom. The molecule has 1 spiro atoms. The van der Waals surface area contributed by atoms with Crippen LogP contribution in [0, 0.1) is 0 Å². The molecule has 2 saturated carbocycles. The fraction of sp³-hybridized carbons (Fsp3) is 0.867. The fourth-order valence-corrected chi connectivity index (χ4v) is 5.15. The van der Waals surface area contributed by atoms with Gasteiger partial charge < -0.3 is 10.2 Å². The number of amides is 2. The maximum atomic E-state index is 13.0. The zero-order valence-corrected chi connectivity index (χ0v) is 13.0. The highest BCUT2D eigenvalue weighted by Crippen LogP contribution is 2.37. The van der Waals surface area contributed by atoms with E-state index in [1.807, 2.05) is 16.7 Å². The van der Waals surface area contributed by atoms with Crippen molar-refractivity contribution < 1.29 is 9.59 Å². The molecule has 3 rings (SSSR count). The third-order valence-corrected chi connectivity index (χ3v) is 6.35. The topological polar surface area (TPSA) is 49.4 Å². The summed E-state index contributed by atoms with van der Waals surface area (Å²) in [5.74, 6) is 0.234. The minimum Gasteiger partial charge on any atom is -0.340 e. The Kier molecular flexibility index (Phi) is 3.98. The van der Waals surface area contributed by atoms with Gasteiger partial charge in [0.15, 0.2) is 0 Å². The summed E-state index contributed by atoms with van der Waals surface area (Å²) in [5.41, 5.74) is -0.560. The molecule has 0 aromatic heterocycles. The van der Waals surface area contributed by atoms with E-state index < -0.39 is 5.54 Å². The second-order valence-corrected chi connectivity index (χ2v) is 7.47. The van der Waals surface area contributed by atoms with Crippen LogP contribution in [0.4, 0.5) is 0 Å². The van der Waals surface area contributed by atoms with Gasteiger partial charge in [-0.05, 0) is 31.9 Å². The first-order chi connectivity index (χ1) is 9.66. The Bertz CT molecular complexity index is 407. The number of hydrogen-bond donors (Lipinski definition) is 1. The minimum absolute atomic E-state index is 0.0388. The van der Waals surface area contributed by atoms with Crippen molar-refractivity contribution in [3.05, 3.63) is 0 Å². The van der Waals surface area contributed by atoms with Crippen molar-refractivity contribution in [2.24, 2.45) is 0 Å². The van der Waals surface area contributed by atoms with E-state index in [1.165, 1.54) is 19.3 Å². The highest BCUT2D eigenvalue weighted by molar-refractivity contribution is 7.99. The van der Waals surface area contributed by atoms with Crippen LogP contribution in [0.3, 0.4) is 0 Å². The van der Waals surface area contributed by atoms with Gasteiger partial charge in [-0.1, -0.05) is 25.7 Å². The largest absolute Gasteiger partial charge is 0.340 e. The molecular weight excluding hydrogens is 272 g/mol. The predicted molar refractivity (Wildman–Crippen MR) is 80.6 cm³/mol.